The van der Waals surface area contributed by atoms with Gasteiger partial charge in [0, 0.05) is 144 Å². The lowest BCUT2D eigenvalue weighted by molar-refractivity contribution is -0.140. The first kappa shape index (κ1) is 74.9. The molecule has 6 rings (SSSR count). The van der Waals surface area contributed by atoms with E-state index in [0.29, 0.717) is 89.3 Å². The number of H-pyrrole nitrogens is 2. The minimum Gasteiger partial charge on any atom is -0.480 e. The molecule has 0 saturated carbocycles. The van der Waals surface area contributed by atoms with Crippen molar-refractivity contribution in [3.8, 4) is 0 Å². The molecule has 1 fully saturated rings. The van der Waals surface area contributed by atoms with Gasteiger partial charge in [-0.2, -0.15) is 0 Å². The van der Waals surface area contributed by atoms with Crippen LogP contribution < -0.4 is 38.5 Å². The van der Waals surface area contributed by atoms with Crippen LogP contribution >= 0.6 is 0 Å². The Hall–Kier alpha value is -9.18. The first-order valence-corrected chi connectivity index (χ1v) is 32.6. The van der Waals surface area contributed by atoms with Crippen molar-refractivity contribution >= 4 is 75.7 Å². The molecule has 0 aliphatic carbocycles. The highest BCUT2D eigenvalue weighted by Gasteiger charge is 2.34. The zero-order chi connectivity index (χ0) is 68.5. The average Bonchev–Trinajstić information content (AvgIpc) is 2.05. The van der Waals surface area contributed by atoms with Gasteiger partial charge in [-0.15, -0.1) is 0 Å². The van der Waals surface area contributed by atoms with Crippen LogP contribution in [-0.4, -0.2) is 220 Å². The molecule has 514 valence electrons. The van der Waals surface area contributed by atoms with Crippen molar-refractivity contribution in [1.29, 1.82) is 0 Å². The number of benzene rings is 3. The minimum atomic E-state index is -1.20. The number of nitrogens with zero attached hydrogens (tertiary/aromatic N) is 6. The number of primary amides is 1. The van der Waals surface area contributed by atoms with Gasteiger partial charge in [-0.1, -0.05) is 85.3 Å². The minimum absolute atomic E-state index is 0.0445. The summed E-state index contributed by atoms with van der Waals surface area (Å²) in [6, 6.07) is 24.0. The van der Waals surface area contributed by atoms with Gasteiger partial charge in [-0.05, 0) is 81.2 Å². The van der Waals surface area contributed by atoms with E-state index in [1.54, 1.807) is 22.2 Å². The molecule has 95 heavy (non-hydrogen) atoms. The van der Waals surface area contributed by atoms with Crippen molar-refractivity contribution in [1.82, 2.24) is 55.8 Å². The Morgan fingerprint density at radius 1 is 0.589 bits per heavy atom. The standard InChI is InChI=1S/C68H95N15O12/c1-80-26-28-81(30-31-83(45-64(91)92)33-32-82(29-27-80)44-63(89)90)43-62(88)73-24-11-10-19-49(65(69)93)36-54(84)42-76-66(94)51(35-52-40-75-56-21-9-8-20-55(52)56)38-59(85)57(22-13-25-74-68(70)71)79-67(95)50(34-48-16-6-3-7-17-48)37-60(86)58(39-53-41-72-46-77-53)78-61(87)23-12-18-47-14-4-2-5-15-47/h2-9,14-17,20-21,40-41,46,49-51,57-58,75H,10-13,18-19,22-39,42-45H2,1H3,(H2,69,93)(H,72,77)(H,73,88)(H,76,94)(H,78,87)(H,79,95)(H,89,90)(H,91,92)(H4,70,71,74)/t49-,50+,51-,57+,58+/m1/s1. The molecule has 3 heterocycles. The number of unbranched alkanes of at least 4 members (excludes halogenated alkanes) is 1. The van der Waals surface area contributed by atoms with Gasteiger partial charge >= 0.3 is 11.9 Å². The highest BCUT2D eigenvalue weighted by atomic mass is 16.4. The molecule has 27 nitrogen and oxygen atoms in total. The third kappa shape index (κ3) is 28.1. The molecule has 0 spiro atoms. The number of Topliss-reactive ketones (excluding diaryl/α,β-unsaturated/α-hetero) is 3. The molecule has 1 saturated heterocycles. The summed E-state index contributed by atoms with van der Waals surface area (Å²) in [6.07, 6.45) is 6.75. The number of carboxylic acids is 2. The van der Waals surface area contributed by atoms with Crippen LogP contribution in [0.3, 0.4) is 0 Å². The molecule has 27 heteroatoms. The maximum absolute atomic E-state index is 14.9. The molecule has 0 radical (unpaired) electrons. The van der Waals surface area contributed by atoms with E-state index >= 15 is 0 Å². The van der Waals surface area contributed by atoms with E-state index < -0.39 is 89.8 Å². The fourth-order valence-electron chi connectivity index (χ4n) is 11.6. The van der Waals surface area contributed by atoms with Gasteiger partial charge in [0.1, 0.15) is 0 Å². The summed E-state index contributed by atoms with van der Waals surface area (Å²) in [5, 5.41) is 31.3. The van der Waals surface area contributed by atoms with Gasteiger partial charge in [0.25, 0.3) is 0 Å². The molecule has 0 bridgehead atoms. The Balaban J connectivity index is 1.09. The monoisotopic (exact) mass is 1310 g/mol. The number of ketones is 3. The number of aromatic nitrogens is 3. The summed E-state index contributed by atoms with van der Waals surface area (Å²) in [7, 11) is 1.92. The normalized spacial score (nSPS) is 15.3. The van der Waals surface area contributed by atoms with E-state index in [1.165, 1.54) is 6.33 Å². The van der Waals surface area contributed by atoms with Gasteiger partial charge in [0.15, 0.2) is 23.3 Å². The second-order valence-corrected chi connectivity index (χ2v) is 24.6. The largest absolute Gasteiger partial charge is 0.480 e. The van der Waals surface area contributed by atoms with Crippen LogP contribution in [0.1, 0.15) is 86.6 Å². The number of carboxylic acid groups (broad SMARTS) is 2. The van der Waals surface area contributed by atoms with Crippen LogP contribution in [0.2, 0.25) is 0 Å². The Morgan fingerprint density at radius 2 is 1.19 bits per heavy atom. The summed E-state index contributed by atoms with van der Waals surface area (Å²) >= 11 is 0. The number of likely N-dealkylation sites (N-methyl/N-ethyl adjacent to an activating group) is 1. The number of aryl methyl sites for hydroxylation is 1. The van der Waals surface area contributed by atoms with Crippen molar-refractivity contribution in [3.63, 3.8) is 0 Å². The van der Waals surface area contributed by atoms with E-state index in [4.69, 9.17) is 17.2 Å². The van der Waals surface area contributed by atoms with Gasteiger partial charge in [-0.3, -0.25) is 67.6 Å². The highest BCUT2D eigenvalue weighted by molar-refractivity contribution is 5.97. The van der Waals surface area contributed by atoms with Crippen LogP contribution in [0.25, 0.3) is 10.9 Å². The SMILES string of the molecule is CN1CCN(CC(=O)O)CCN(CC(=O)O)CCN(CC(=O)NCCCC[C@H](CC(=O)CNC(=O)[C@@H](CC(=O)[C@H](CCCN=C(N)N)NC(=O)[C@H](CC(=O)[C@H](Cc2cnc[nH]2)NC(=O)CCCc2ccccc2)Cc2ccccc2)Cc2c[nH]c3ccccc23)C(N)=O)CC1. The molecule has 5 aromatic rings. The number of carbonyl (C=O) groups excluding carboxylic acids is 8. The second-order valence-electron chi connectivity index (χ2n) is 24.6. The smallest absolute Gasteiger partial charge is 0.317 e. The zero-order valence-corrected chi connectivity index (χ0v) is 54.4. The number of amides is 5. The predicted octanol–water partition coefficient (Wildman–Crippen LogP) is 1.60. The fraction of sp³-hybridized carbons (Fsp3) is 0.500. The number of para-hydroxylation sites is 1. The number of hydrogen-bond donors (Lipinski definition) is 11. The van der Waals surface area contributed by atoms with E-state index in [2.05, 4.69) is 46.1 Å². The number of imidazole rings is 1. The van der Waals surface area contributed by atoms with Gasteiger partial charge in [0.2, 0.25) is 29.5 Å². The number of fused-ring (bicyclic) bond motifs is 1. The number of carbonyl (C=O) groups is 10. The number of aliphatic imine (C=N–C) groups is 1. The van der Waals surface area contributed by atoms with Crippen LogP contribution in [0.15, 0.2) is 109 Å². The Bertz CT molecular complexity index is 3310. The van der Waals surface area contributed by atoms with Crippen molar-refractivity contribution in [2.75, 3.05) is 98.7 Å². The Kier molecular flexibility index (Phi) is 31.6. The number of aliphatic carboxylic acids is 2. The van der Waals surface area contributed by atoms with Crippen LogP contribution in [0, 0.1) is 17.8 Å². The lowest BCUT2D eigenvalue weighted by Gasteiger charge is -2.32. The van der Waals surface area contributed by atoms with Crippen molar-refractivity contribution < 1.29 is 58.2 Å². The molecule has 1 aliphatic rings. The van der Waals surface area contributed by atoms with Crippen molar-refractivity contribution in [3.05, 3.63) is 126 Å². The number of nitrogens with one attached hydrogen (secondary N) is 6. The number of hydrogen-bond acceptors (Lipinski definition) is 16. The molecular weight excluding hydrogens is 1220 g/mol. The molecule has 14 N–H and O–H groups in total. The van der Waals surface area contributed by atoms with Crippen LogP contribution in [0.5, 0.6) is 0 Å². The van der Waals surface area contributed by atoms with Crippen LogP contribution in [-0.2, 0) is 73.6 Å². The lowest BCUT2D eigenvalue weighted by atomic mass is 9.88. The fourth-order valence-corrected chi connectivity index (χ4v) is 11.6. The zero-order valence-electron chi connectivity index (χ0n) is 54.4. The summed E-state index contributed by atoms with van der Waals surface area (Å²) < 4.78 is 0. The molecule has 5 amide bonds. The first-order chi connectivity index (χ1) is 45.7. The van der Waals surface area contributed by atoms with Crippen LogP contribution in [0.4, 0.5) is 0 Å². The Labute approximate surface area is 554 Å². The third-order valence-corrected chi connectivity index (χ3v) is 17.0. The summed E-state index contributed by atoms with van der Waals surface area (Å²) in [6.45, 7) is 3.14. The van der Waals surface area contributed by atoms with E-state index in [9.17, 15) is 58.2 Å². The van der Waals surface area contributed by atoms with Gasteiger partial charge in [0.05, 0.1) is 44.6 Å². The topological polar surface area (TPSA) is 407 Å². The lowest BCUT2D eigenvalue weighted by Crippen LogP contribution is -2.48. The molecule has 0 unspecified atom stereocenters. The predicted molar refractivity (Wildman–Crippen MR) is 358 cm³/mol. The van der Waals surface area contributed by atoms with E-state index in [0.717, 1.165) is 22.0 Å². The highest BCUT2D eigenvalue weighted by Crippen LogP contribution is 2.25. The van der Waals surface area contributed by atoms with Gasteiger partial charge < -0.3 is 63.5 Å². The number of nitrogens with two attached hydrogens (primary N) is 3. The summed E-state index contributed by atoms with van der Waals surface area (Å²) in [5.41, 5.74) is 21.0. The summed E-state index contributed by atoms with van der Waals surface area (Å²) in [4.78, 5) is 157. The third-order valence-electron chi connectivity index (χ3n) is 17.0. The molecule has 1 aliphatic heterocycles. The average molecular weight is 1310 g/mol. The number of guanidine groups is 1. The molecule has 3 aromatic carbocycles. The second kappa shape index (κ2) is 40.2. The Morgan fingerprint density at radius 3 is 1.81 bits per heavy atom. The van der Waals surface area contributed by atoms with Gasteiger partial charge in [-0.25, -0.2) is 4.98 Å². The molecular formula is C68H95N15O12. The van der Waals surface area contributed by atoms with E-state index in [1.807, 2.05) is 96.9 Å². The number of aromatic amines is 2. The van der Waals surface area contributed by atoms with Crippen molar-refractivity contribution in [2.24, 2.45) is 39.9 Å². The maximum Gasteiger partial charge on any atom is 0.317 e. The van der Waals surface area contributed by atoms with Crippen molar-refractivity contribution in [2.45, 2.75) is 102 Å². The maximum atomic E-state index is 14.9. The molecule has 2 aromatic heterocycles. The number of rotatable bonds is 40. The quantitative estimate of drug-likeness (QED) is 0.0151. The summed E-state index contributed by atoms with van der Waals surface area (Å²) in [5.74, 6) is -9.07. The molecule has 5 atom stereocenters. The first-order valence-electron chi connectivity index (χ1n) is 32.6. The van der Waals surface area contributed by atoms with E-state index in [-0.39, 0.29) is 108 Å².